The largest absolute Gasteiger partial charge is 0.345 e. The topological polar surface area (TPSA) is 46.9 Å². The first-order valence-electron chi connectivity index (χ1n) is 5.91. The minimum absolute atomic E-state index is 0.0775. The highest BCUT2D eigenvalue weighted by molar-refractivity contribution is 5.89. The van der Waals surface area contributed by atoms with Crippen LogP contribution in [-0.2, 0) is 11.3 Å². The standard InChI is InChI=1S/C12H17N3O/c1-12(2)9(14-11(12)16)10-13-5-6-15(10)7-8-3-4-8/h5-6,8-9H,3-4,7H2,1-2H3,(H,14,16)/t9-/m0/s1. The summed E-state index contributed by atoms with van der Waals surface area (Å²) >= 11 is 0. The van der Waals surface area contributed by atoms with Gasteiger partial charge in [0.25, 0.3) is 0 Å². The van der Waals surface area contributed by atoms with Crippen LogP contribution in [0.2, 0.25) is 0 Å². The predicted octanol–water partition coefficient (Wildman–Crippen LogP) is 1.49. The van der Waals surface area contributed by atoms with Crippen molar-refractivity contribution >= 4 is 5.91 Å². The number of amides is 1. The van der Waals surface area contributed by atoms with Crippen LogP contribution in [0.15, 0.2) is 12.4 Å². The quantitative estimate of drug-likeness (QED) is 0.783. The van der Waals surface area contributed by atoms with E-state index in [-0.39, 0.29) is 17.4 Å². The average molecular weight is 219 g/mol. The molecule has 1 amide bonds. The summed E-state index contributed by atoms with van der Waals surface area (Å²) in [5, 5.41) is 2.95. The van der Waals surface area contributed by atoms with Crippen molar-refractivity contribution in [3.05, 3.63) is 18.2 Å². The third kappa shape index (κ3) is 1.36. The molecule has 16 heavy (non-hydrogen) atoms. The molecule has 2 heterocycles. The Bertz CT molecular complexity index is 431. The Morgan fingerprint density at radius 3 is 2.88 bits per heavy atom. The number of aromatic nitrogens is 2. The van der Waals surface area contributed by atoms with Gasteiger partial charge in [0.05, 0.1) is 5.41 Å². The number of nitrogens with one attached hydrogen (secondary N) is 1. The van der Waals surface area contributed by atoms with E-state index in [2.05, 4.69) is 14.9 Å². The van der Waals surface area contributed by atoms with Gasteiger partial charge >= 0.3 is 0 Å². The van der Waals surface area contributed by atoms with Gasteiger partial charge in [0.1, 0.15) is 11.9 Å². The zero-order chi connectivity index (χ0) is 11.3. The summed E-state index contributed by atoms with van der Waals surface area (Å²) in [5.41, 5.74) is -0.313. The van der Waals surface area contributed by atoms with E-state index in [1.807, 2.05) is 26.2 Å². The minimum atomic E-state index is -0.313. The molecule has 1 atom stereocenters. The number of carbonyl (C=O) groups excluding carboxylic acids is 1. The third-order valence-electron chi connectivity index (χ3n) is 3.74. The summed E-state index contributed by atoms with van der Waals surface area (Å²) in [6.45, 7) is 5.01. The molecule has 1 N–H and O–H groups in total. The molecule has 4 heteroatoms. The van der Waals surface area contributed by atoms with E-state index in [9.17, 15) is 4.79 Å². The highest BCUT2D eigenvalue weighted by Gasteiger charge is 2.50. The maximum Gasteiger partial charge on any atom is 0.228 e. The van der Waals surface area contributed by atoms with Crippen molar-refractivity contribution < 1.29 is 4.79 Å². The van der Waals surface area contributed by atoms with E-state index in [0.29, 0.717) is 0 Å². The fourth-order valence-electron chi connectivity index (χ4n) is 2.25. The van der Waals surface area contributed by atoms with E-state index in [1.54, 1.807) is 0 Å². The number of imidazole rings is 1. The van der Waals surface area contributed by atoms with Crippen molar-refractivity contribution in [3.8, 4) is 0 Å². The SMILES string of the molecule is CC1(C)C(=O)N[C@H]1c1nccn1CC1CC1. The lowest BCUT2D eigenvalue weighted by Gasteiger charge is -2.43. The van der Waals surface area contributed by atoms with E-state index < -0.39 is 0 Å². The van der Waals surface area contributed by atoms with Gasteiger partial charge in [-0.1, -0.05) is 0 Å². The molecule has 0 bridgehead atoms. The first-order valence-corrected chi connectivity index (χ1v) is 5.91. The van der Waals surface area contributed by atoms with Crippen LogP contribution in [0.1, 0.15) is 38.6 Å². The van der Waals surface area contributed by atoms with Crippen molar-refractivity contribution in [3.63, 3.8) is 0 Å². The molecule has 1 saturated heterocycles. The van der Waals surface area contributed by atoms with Gasteiger partial charge in [-0.05, 0) is 32.6 Å². The minimum Gasteiger partial charge on any atom is -0.345 e. The number of β-lactam (4-membered cyclic amide) rings is 1. The number of nitrogens with zero attached hydrogens (tertiary/aromatic N) is 2. The maximum atomic E-state index is 11.5. The zero-order valence-electron chi connectivity index (χ0n) is 9.73. The van der Waals surface area contributed by atoms with Gasteiger partial charge < -0.3 is 9.88 Å². The molecule has 0 radical (unpaired) electrons. The monoisotopic (exact) mass is 219 g/mol. The molecule has 0 unspecified atom stereocenters. The van der Waals surface area contributed by atoms with Crippen LogP contribution in [0.5, 0.6) is 0 Å². The second-order valence-electron chi connectivity index (χ2n) is 5.51. The Balaban J connectivity index is 1.83. The molecule has 1 aliphatic heterocycles. The normalized spacial score (nSPS) is 27.4. The molecule has 1 aliphatic carbocycles. The van der Waals surface area contributed by atoms with Gasteiger partial charge in [-0.3, -0.25) is 4.79 Å². The van der Waals surface area contributed by atoms with E-state index in [4.69, 9.17) is 0 Å². The van der Waals surface area contributed by atoms with Crippen LogP contribution in [0, 0.1) is 11.3 Å². The van der Waals surface area contributed by atoms with Crippen LogP contribution < -0.4 is 5.32 Å². The fraction of sp³-hybridized carbons (Fsp3) is 0.667. The molecular weight excluding hydrogens is 202 g/mol. The smallest absolute Gasteiger partial charge is 0.228 e. The Morgan fingerprint density at radius 2 is 2.31 bits per heavy atom. The third-order valence-corrected chi connectivity index (χ3v) is 3.74. The first kappa shape index (κ1) is 9.87. The summed E-state index contributed by atoms with van der Waals surface area (Å²) < 4.78 is 2.20. The van der Waals surface area contributed by atoms with Gasteiger partial charge in [0.2, 0.25) is 5.91 Å². The zero-order valence-corrected chi connectivity index (χ0v) is 9.73. The van der Waals surface area contributed by atoms with E-state index in [0.717, 1.165) is 18.3 Å². The molecule has 86 valence electrons. The predicted molar refractivity (Wildman–Crippen MR) is 59.6 cm³/mol. The van der Waals surface area contributed by atoms with Gasteiger partial charge in [0, 0.05) is 18.9 Å². The molecular formula is C12H17N3O. The van der Waals surface area contributed by atoms with Crippen molar-refractivity contribution in [1.29, 1.82) is 0 Å². The van der Waals surface area contributed by atoms with Gasteiger partial charge in [-0.15, -0.1) is 0 Å². The number of hydrogen-bond donors (Lipinski definition) is 1. The van der Waals surface area contributed by atoms with Gasteiger partial charge in [-0.25, -0.2) is 4.98 Å². The average Bonchev–Trinajstić information content (AvgIpc) is 2.94. The summed E-state index contributed by atoms with van der Waals surface area (Å²) in [7, 11) is 0. The number of carbonyl (C=O) groups is 1. The first-order chi connectivity index (χ1) is 7.59. The van der Waals surface area contributed by atoms with Gasteiger partial charge in [0.15, 0.2) is 0 Å². The van der Waals surface area contributed by atoms with Crippen LogP contribution in [0.4, 0.5) is 0 Å². The molecule has 3 rings (SSSR count). The van der Waals surface area contributed by atoms with E-state index in [1.165, 1.54) is 12.8 Å². The summed E-state index contributed by atoms with van der Waals surface area (Å²) in [5.74, 6) is 1.96. The Kier molecular flexibility index (Phi) is 1.91. The Labute approximate surface area is 95.1 Å². The second kappa shape index (κ2) is 3.09. The molecule has 0 spiro atoms. The molecule has 2 aliphatic rings. The van der Waals surface area contributed by atoms with Crippen molar-refractivity contribution in [2.45, 2.75) is 39.3 Å². The Hall–Kier alpha value is -1.32. The van der Waals surface area contributed by atoms with Crippen LogP contribution >= 0.6 is 0 Å². The molecule has 2 fully saturated rings. The molecule has 1 aromatic rings. The molecule has 1 saturated carbocycles. The van der Waals surface area contributed by atoms with Crippen molar-refractivity contribution in [2.75, 3.05) is 0 Å². The van der Waals surface area contributed by atoms with E-state index >= 15 is 0 Å². The lowest BCUT2D eigenvalue weighted by molar-refractivity contribution is -0.143. The van der Waals surface area contributed by atoms with Gasteiger partial charge in [-0.2, -0.15) is 0 Å². The Morgan fingerprint density at radius 1 is 1.56 bits per heavy atom. The van der Waals surface area contributed by atoms with Crippen LogP contribution in [0.25, 0.3) is 0 Å². The summed E-state index contributed by atoms with van der Waals surface area (Å²) in [6, 6.07) is 0.0775. The number of hydrogen-bond acceptors (Lipinski definition) is 2. The molecule has 4 nitrogen and oxygen atoms in total. The van der Waals surface area contributed by atoms with Crippen LogP contribution in [0.3, 0.4) is 0 Å². The summed E-state index contributed by atoms with van der Waals surface area (Å²) in [4.78, 5) is 15.9. The lowest BCUT2D eigenvalue weighted by atomic mass is 9.76. The molecule has 1 aromatic heterocycles. The number of rotatable bonds is 3. The second-order valence-corrected chi connectivity index (χ2v) is 5.51. The highest BCUT2D eigenvalue weighted by Crippen LogP contribution is 2.41. The van der Waals surface area contributed by atoms with Crippen molar-refractivity contribution in [1.82, 2.24) is 14.9 Å². The highest BCUT2D eigenvalue weighted by atomic mass is 16.2. The maximum absolute atomic E-state index is 11.5. The summed E-state index contributed by atoms with van der Waals surface area (Å²) in [6.07, 6.45) is 6.52. The lowest BCUT2D eigenvalue weighted by Crippen LogP contribution is -2.58. The van der Waals surface area contributed by atoms with Crippen LogP contribution in [-0.4, -0.2) is 15.5 Å². The fourth-order valence-corrected chi connectivity index (χ4v) is 2.25. The van der Waals surface area contributed by atoms with Crippen molar-refractivity contribution in [2.24, 2.45) is 11.3 Å². The molecule has 0 aromatic carbocycles.